The van der Waals surface area contributed by atoms with Gasteiger partial charge in [0.15, 0.2) is 5.84 Å². The predicted octanol–water partition coefficient (Wildman–Crippen LogP) is 15.5. The summed E-state index contributed by atoms with van der Waals surface area (Å²) in [7, 11) is 0. The molecule has 0 unspecified atom stereocenters. The minimum Gasteiger partial charge on any atom is -0.310 e. The van der Waals surface area contributed by atoms with Crippen LogP contribution in [0.1, 0.15) is 43.4 Å². The van der Waals surface area contributed by atoms with E-state index in [-0.39, 0.29) is 5.41 Å². The minimum atomic E-state index is -0.172. The Morgan fingerprint density at radius 2 is 1.27 bits per heavy atom. The number of allylic oxidation sites excluding steroid dienone is 4. The van der Waals surface area contributed by atoms with Crippen LogP contribution in [0, 0.1) is 0 Å². The molecule has 0 saturated heterocycles. The lowest BCUT2D eigenvalue weighted by molar-refractivity contribution is 0.632. The zero-order valence-electron chi connectivity index (χ0n) is 35.5. The quantitative estimate of drug-likeness (QED) is 0.117. The minimum absolute atomic E-state index is 0.172. The molecule has 4 heteroatoms. The molecule has 0 spiro atoms. The highest BCUT2D eigenvalue weighted by molar-refractivity contribution is 6.23. The van der Waals surface area contributed by atoms with E-state index >= 15 is 0 Å². The highest BCUT2D eigenvalue weighted by Crippen LogP contribution is 2.52. The highest BCUT2D eigenvalue weighted by atomic mass is 15.2. The summed E-state index contributed by atoms with van der Waals surface area (Å²) < 4.78 is 2.23. The van der Waals surface area contributed by atoms with Crippen LogP contribution >= 0.6 is 0 Å². The second kappa shape index (κ2) is 15.6. The lowest BCUT2D eigenvalue weighted by atomic mass is 9.73. The maximum atomic E-state index is 5.23. The van der Waals surface area contributed by atoms with E-state index in [0.29, 0.717) is 5.84 Å². The van der Waals surface area contributed by atoms with Gasteiger partial charge >= 0.3 is 0 Å². The maximum absolute atomic E-state index is 5.23. The first-order chi connectivity index (χ1) is 30.9. The lowest BCUT2D eigenvalue weighted by Gasteiger charge is -2.42. The number of rotatable bonds is 7. The molecule has 1 aromatic heterocycles. The van der Waals surface area contributed by atoms with E-state index in [0.717, 1.165) is 57.5 Å². The molecule has 0 atom stereocenters. The van der Waals surface area contributed by atoms with Gasteiger partial charge in [0.05, 0.1) is 28.1 Å². The monoisotopic (exact) mass is 810 g/mol. The molecule has 0 saturated carbocycles. The summed E-state index contributed by atoms with van der Waals surface area (Å²) in [5.74, 6) is 0.615. The standard InChI is InChI=1S/C59H46N4/c1-40(41-17-7-4-8-18-41)61-58(45-29-27-43(28-30-45)42-19-9-5-10-20-42)60-39-62-53-35-33-46(37-50(53)57-49-24-14-13-21-44(49)32-36-55(57)62)47-31-34-52-56(38-47)63(48-22-11-6-12-23-48)54-26-16-15-25-51(54)59(52,2)3/h4-7,9-17,19-39H,1,8,18H2,2-3H3/b60-39+,61-58-. The molecule has 2 heterocycles. The SMILES string of the molecule is C=C(/N=C(\N=C\n1c2ccc(-c3ccc4c(c3)N(c3ccccc3)c3ccccc3C4(C)C)cc2c2c3ccccc3ccc21)c1ccc(-c2ccccc2)cc1)C1=CC=CCC1. The molecule has 63 heavy (non-hydrogen) atoms. The molecule has 0 bridgehead atoms. The molecule has 1 aliphatic heterocycles. The van der Waals surface area contributed by atoms with Crippen LogP contribution < -0.4 is 4.90 Å². The van der Waals surface area contributed by atoms with Crippen molar-refractivity contribution in [3.05, 3.63) is 235 Å². The summed E-state index contributed by atoms with van der Waals surface area (Å²) in [6.07, 6.45) is 10.2. The van der Waals surface area contributed by atoms with Crippen LogP contribution in [0.5, 0.6) is 0 Å². The third kappa shape index (κ3) is 6.72. The predicted molar refractivity (Wildman–Crippen MR) is 267 cm³/mol. The zero-order valence-corrected chi connectivity index (χ0v) is 35.5. The molecule has 8 aromatic carbocycles. The van der Waals surface area contributed by atoms with Crippen LogP contribution in [0.15, 0.2) is 228 Å². The van der Waals surface area contributed by atoms with Crippen molar-refractivity contribution in [1.82, 2.24) is 4.57 Å². The zero-order chi connectivity index (χ0) is 42.5. The van der Waals surface area contributed by atoms with Crippen molar-refractivity contribution in [3.63, 3.8) is 0 Å². The van der Waals surface area contributed by atoms with Gasteiger partial charge in [-0.2, -0.15) is 0 Å². The number of para-hydroxylation sites is 2. The van der Waals surface area contributed by atoms with Gasteiger partial charge in [0.25, 0.3) is 0 Å². The smallest absolute Gasteiger partial charge is 0.161 e. The molecular formula is C59H46N4. The molecular weight excluding hydrogens is 765 g/mol. The van der Waals surface area contributed by atoms with Crippen LogP contribution in [-0.2, 0) is 5.41 Å². The van der Waals surface area contributed by atoms with Crippen molar-refractivity contribution < 1.29 is 0 Å². The summed E-state index contributed by atoms with van der Waals surface area (Å²) in [6, 6.07) is 65.6. The van der Waals surface area contributed by atoms with E-state index in [1.807, 2.05) is 12.4 Å². The van der Waals surface area contributed by atoms with Crippen molar-refractivity contribution in [2.24, 2.45) is 9.98 Å². The Balaban J connectivity index is 1.06. The number of nitrogens with zero attached hydrogens (tertiary/aromatic N) is 4. The van der Waals surface area contributed by atoms with E-state index in [1.54, 1.807) is 0 Å². The van der Waals surface area contributed by atoms with Crippen molar-refractivity contribution in [1.29, 1.82) is 0 Å². The van der Waals surface area contributed by atoms with E-state index in [2.05, 4.69) is 224 Å². The normalized spacial score (nSPS) is 14.6. The molecule has 2 aliphatic rings. The third-order valence-electron chi connectivity index (χ3n) is 12.9. The fourth-order valence-corrected chi connectivity index (χ4v) is 9.64. The van der Waals surface area contributed by atoms with Crippen molar-refractivity contribution in [2.75, 3.05) is 4.90 Å². The van der Waals surface area contributed by atoms with Crippen molar-refractivity contribution in [2.45, 2.75) is 32.1 Å². The van der Waals surface area contributed by atoms with Gasteiger partial charge in [-0.05, 0) is 105 Å². The number of fused-ring (bicyclic) bond motifs is 7. The van der Waals surface area contributed by atoms with E-state index in [4.69, 9.17) is 9.98 Å². The maximum Gasteiger partial charge on any atom is 0.161 e. The Bertz CT molecular complexity index is 3360. The Morgan fingerprint density at radius 3 is 2.08 bits per heavy atom. The number of hydrogen-bond acceptors (Lipinski definition) is 2. The van der Waals surface area contributed by atoms with Crippen LogP contribution in [0.4, 0.5) is 17.1 Å². The third-order valence-corrected chi connectivity index (χ3v) is 12.9. The first-order valence-electron chi connectivity index (χ1n) is 21.8. The van der Waals surface area contributed by atoms with Gasteiger partial charge in [-0.1, -0.05) is 178 Å². The largest absolute Gasteiger partial charge is 0.310 e. The molecule has 0 N–H and O–H groups in total. The topological polar surface area (TPSA) is 32.9 Å². The fourth-order valence-electron chi connectivity index (χ4n) is 9.64. The first-order valence-corrected chi connectivity index (χ1v) is 21.8. The second-order valence-electron chi connectivity index (χ2n) is 17.1. The van der Waals surface area contributed by atoms with Gasteiger partial charge in [0.1, 0.15) is 6.34 Å². The van der Waals surface area contributed by atoms with Gasteiger partial charge in [0.2, 0.25) is 0 Å². The summed E-state index contributed by atoms with van der Waals surface area (Å²) in [5, 5.41) is 4.78. The van der Waals surface area contributed by atoms with Crippen LogP contribution in [-0.4, -0.2) is 16.7 Å². The highest BCUT2D eigenvalue weighted by Gasteiger charge is 2.37. The van der Waals surface area contributed by atoms with Gasteiger partial charge < -0.3 is 4.90 Å². The van der Waals surface area contributed by atoms with E-state index < -0.39 is 0 Å². The number of amidine groups is 1. The average molecular weight is 811 g/mol. The molecule has 302 valence electrons. The average Bonchev–Trinajstić information content (AvgIpc) is 3.66. The summed E-state index contributed by atoms with van der Waals surface area (Å²) in [5.41, 5.74) is 15.6. The Kier molecular flexibility index (Phi) is 9.43. The van der Waals surface area contributed by atoms with Gasteiger partial charge in [-0.3, -0.25) is 4.57 Å². The van der Waals surface area contributed by atoms with Gasteiger partial charge in [0, 0.05) is 27.4 Å². The molecule has 9 aromatic rings. The van der Waals surface area contributed by atoms with Crippen LogP contribution in [0.2, 0.25) is 0 Å². The molecule has 1 aliphatic carbocycles. The molecule has 0 radical (unpaired) electrons. The van der Waals surface area contributed by atoms with Crippen LogP contribution in [0.25, 0.3) is 54.8 Å². The van der Waals surface area contributed by atoms with E-state index in [9.17, 15) is 0 Å². The Labute approximate surface area is 368 Å². The van der Waals surface area contributed by atoms with Crippen molar-refractivity contribution >= 4 is 61.8 Å². The first kappa shape index (κ1) is 38.1. The van der Waals surface area contributed by atoms with E-state index in [1.165, 1.54) is 55.2 Å². The number of aliphatic imine (C=N–C) groups is 2. The summed E-state index contributed by atoms with van der Waals surface area (Å²) >= 11 is 0. The number of anilines is 3. The lowest BCUT2D eigenvalue weighted by Crippen LogP contribution is -2.30. The number of aromatic nitrogens is 1. The number of benzene rings is 8. The molecule has 4 nitrogen and oxygen atoms in total. The van der Waals surface area contributed by atoms with Crippen molar-refractivity contribution in [3.8, 4) is 22.3 Å². The molecule has 0 fully saturated rings. The summed E-state index contributed by atoms with van der Waals surface area (Å²) in [4.78, 5) is 12.8. The Morgan fingerprint density at radius 1 is 0.603 bits per heavy atom. The van der Waals surface area contributed by atoms with Crippen LogP contribution in [0.3, 0.4) is 0 Å². The Hall–Kier alpha value is -7.82. The fraction of sp³-hybridized carbons (Fsp3) is 0.0847. The molecule has 0 amide bonds. The van der Waals surface area contributed by atoms with Gasteiger partial charge in [-0.15, -0.1) is 0 Å². The summed E-state index contributed by atoms with van der Waals surface area (Å²) in [6.45, 7) is 9.11. The molecule has 11 rings (SSSR count). The van der Waals surface area contributed by atoms with Gasteiger partial charge in [-0.25, -0.2) is 9.98 Å². The second-order valence-corrected chi connectivity index (χ2v) is 17.1. The number of hydrogen-bond donors (Lipinski definition) is 0.